The summed E-state index contributed by atoms with van der Waals surface area (Å²) < 4.78 is 2.25. The molecule has 28 heavy (non-hydrogen) atoms. The minimum atomic E-state index is -0.252. The second kappa shape index (κ2) is 8.77. The normalized spacial score (nSPS) is 11.1. The Balaban J connectivity index is 1.32. The van der Waals surface area contributed by atoms with E-state index >= 15 is 0 Å². The number of carbonyl (C=O) groups is 1. The first-order valence-corrected chi connectivity index (χ1v) is 10.4. The number of carbonyl (C=O) groups excluding carboxylic acids is 1. The lowest BCUT2D eigenvalue weighted by Crippen LogP contribution is -2.17. The van der Waals surface area contributed by atoms with Crippen molar-refractivity contribution in [3.8, 4) is 0 Å². The zero-order valence-corrected chi connectivity index (χ0v) is 16.4. The Morgan fingerprint density at radius 1 is 1.07 bits per heavy atom. The first-order chi connectivity index (χ1) is 13.8. The molecule has 0 aliphatic carbocycles. The highest BCUT2D eigenvalue weighted by Gasteiger charge is 2.06. The van der Waals surface area contributed by atoms with Gasteiger partial charge in [0.05, 0.1) is 22.1 Å². The molecule has 0 radical (unpaired) electrons. The summed E-state index contributed by atoms with van der Waals surface area (Å²) in [5.41, 5.74) is 5.94. The van der Waals surface area contributed by atoms with Crippen LogP contribution in [0.5, 0.6) is 0 Å². The Labute approximate surface area is 170 Å². The van der Waals surface area contributed by atoms with E-state index in [1.165, 1.54) is 10.9 Å². The van der Waals surface area contributed by atoms with Gasteiger partial charge in [0, 0.05) is 17.5 Å². The summed E-state index contributed by atoms with van der Waals surface area (Å²) in [6.07, 6.45) is 3.19. The molecule has 2 aromatic heterocycles. The summed E-state index contributed by atoms with van der Waals surface area (Å²) in [5.74, 6) is 0.553. The number of benzene rings is 2. The fraction of sp³-hybridized carbons (Fsp3) is 0.0476. The number of aromatic nitrogens is 2. The van der Waals surface area contributed by atoms with Gasteiger partial charge in [0.15, 0.2) is 4.34 Å². The van der Waals surface area contributed by atoms with Crippen LogP contribution in [0.3, 0.4) is 0 Å². The molecular weight excluding hydrogens is 388 g/mol. The zero-order chi connectivity index (χ0) is 19.2. The highest BCUT2D eigenvalue weighted by Crippen LogP contribution is 2.31. The predicted molar refractivity (Wildman–Crippen MR) is 115 cm³/mol. The first-order valence-electron chi connectivity index (χ1n) is 8.60. The fourth-order valence-corrected chi connectivity index (χ4v) is 4.51. The third-order valence-corrected chi connectivity index (χ3v) is 6.15. The highest BCUT2D eigenvalue weighted by molar-refractivity contribution is 8.00. The summed E-state index contributed by atoms with van der Waals surface area (Å²) >= 11 is 3.40. The van der Waals surface area contributed by atoms with Crippen LogP contribution >= 0.6 is 23.1 Å². The molecule has 0 atom stereocenters. The van der Waals surface area contributed by atoms with E-state index in [0.29, 0.717) is 11.3 Å². The van der Waals surface area contributed by atoms with E-state index in [4.69, 9.17) is 0 Å². The van der Waals surface area contributed by atoms with Gasteiger partial charge in [0.2, 0.25) is 0 Å². The zero-order valence-electron chi connectivity index (χ0n) is 14.8. The second-order valence-electron chi connectivity index (χ2n) is 5.89. The molecule has 5 nitrogen and oxygen atoms in total. The maximum absolute atomic E-state index is 12.2. The molecular formula is C21H16N4OS2. The van der Waals surface area contributed by atoms with Gasteiger partial charge in [-0.05, 0) is 42.0 Å². The summed E-state index contributed by atoms with van der Waals surface area (Å²) in [4.78, 5) is 20.9. The lowest BCUT2D eigenvalue weighted by molar-refractivity contribution is 0.0955. The van der Waals surface area contributed by atoms with Gasteiger partial charge in [-0.3, -0.25) is 9.78 Å². The number of pyridine rings is 1. The van der Waals surface area contributed by atoms with E-state index < -0.39 is 0 Å². The lowest BCUT2D eigenvalue weighted by atomic mass is 10.1. The molecule has 4 rings (SSSR count). The number of thioether (sulfide) groups is 1. The molecule has 0 saturated heterocycles. The number of hydrogen-bond acceptors (Lipinski definition) is 6. The standard InChI is InChI=1S/C21H16N4OS2/c26-20(25-23-13-17-5-3-4-12-22-17)16-10-8-15(9-11-16)14-27-21-24-18-6-1-2-7-19(18)28-21/h1-13H,14H2,(H,25,26)/b23-13-. The molecule has 0 fully saturated rings. The quantitative estimate of drug-likeness (QED) is 0.286. The summed E-state index contributed by atoms with van der Waals surface area (Å²) in [6, 6.07) is 21.2. The number of hydrazone groups is 1. The van der Waals surface area contributed by atoms with Crippen LogP contribution in [0.4, 0.5) is 0 Å². The molecule has 0 unspecified atom stereocenters. The van der Waals surface area contributed by atoms with Gasteiger partial charge in [-0.15, -0.1) is 11.3 Å². The van der Waals surface area contributed by atoms with Crippen molar-refractivity contribution in [2.24, 2.45) is 5.10 Å². The third kappa shape index (κ3) is 4.62. The monoisotopic (exact) mass is 404 g/mol. The maximum atomic E-state index is 12.2. The van der Waals surface area contributed by atoms with Crippen LogP contribution in [-0.2, 0) is 5.75 Å². The Kier molecular flexibility index (Phi) is 5.75. The largest absolute Gasteiger partial charge is 0.271 e. The highest BCUT2D eigenvalue weighted by atomic mass is 32.2. The fourth-order valence-electron chi connectivity index (χ4n) is 2.48. The number of rotatable bonds is 6. The van der Waals surface area contributed by atoms with Gasteiger partial charge >= 0.3 is 0 Å². The lowest BCUT2D eigenvalue weighted by Gasteiger charge is -2.02. The Hall–Kier alpha value is -3.03. The smallest absolute Gasteiger partial charge is 0.267 e. The molecule has 1 amide bonds. The van der Waals surface area contributed by atoms with E-state index in [1.807, 2.05) is 48.5 Å². The summed E-state index contributed by atoms with van der Waals surface area (Å²) in [7, 11) is 0. The Morgan fingerprint density at radius 3 is 2.68 bits per heavy atom. The van der Waals surface area contributed by atoms with E-state index in [1.54, 1.807) is 41.4 Å². The molecule has 0 bridgehead atoms. The van der Waals surface area contributed by atoms with Crippen LogP contribution in [0, 0.1) is 0 Å². The molecule has 7 heteroatoms. The molecule has 0 aliphatic heterocycles. The Bertz CT molecular complexity index is 1080. The molecule has 0 aliphatic rings. The molecule has 0 saturated carbocycles. The van der Waals surface area contributed by atoms with Gasteiger partial charge in [-0.25, -0.2) is 10.4 Å². The van der Waals surface area contributed by atoms with Crippen molar-refractivity contribution in [2.45, 2.75) is 10.1 Å². The molecule has 2 heterocycles. The summed E-state index contributed by atoms with van der Waals surface area (Å²) in [5, 5.41) is 3.94. The number of hydrogen-bond donors (Lipinski definition) is 1. The van der Waals surface area contributed by atoms with E-state index in [9.17, 15) is 4.79 Å². The van der Waals surface area contributed by atoms with Crippen LogP contribution in [0.25, 0.3) is 10.2 Å². The van der Waals surface area contributed by atoms with Gasteiger partial charge < -0.3 is 0 Å². The molecule has 0 spiro atoms. The van der Waals surface area contributed by atoms with Crippen molar-refractivity contribution in [2.75, 3.05) is 0 Å². The van der Waals surface area contributed by atoms with Crippen LogP contribution < -0.4 is 5.43 Å². The molecule has 1 N–H and O–H groups in total. The van der Waals surface area contributed by atoms with Crippen LogP contribution in [-0.4, -0.2) is 22.1 Å². The van der Waals surface area contributed by atoms with Crippen LogP contribution in [0.1, 0.15) is 21.6 Å². The average molecular weight is 405 g/mol. The second-order valence-corrected chi connectivity index (χ2v) is 8.14. The number of amides is 1. The SMILES string of the molecule is O=C(N/N=C\c1ccccn1)c1ccc(CSc2nc3ccccc3s2)cc1. The van der Waals surface area contributed by atoms with Crippen molar-refractivity contribution < 1.29 is 4.79 Å². The van der Waals surface area contributed by atoms with Gasteiger partial charge in [-0.1, -0.05) is 42.1 Å². The van der Waals surface area contributed by atoms with E-state index in [2.05, 4.69) is 26.6 Å². The minimum absolute atomic E-state index is 0.252. The topological polar surface area (TPSA) is 67.2 Å². The Morgan fingerprint density at radius 2 is 1.89 bits per heavy atom. The van der Waals surface area contributed by atoms with Gasteiger partial charge in [0.25, 0.3) is 5.91 Å². The van der Waals surface area contributed by atoms with Crippen molar-refractivity contribution >= 4 is 45.4 Å². The van der Waals surface area contributed by atoms with Crippen molar-refractivity contribution in [1.82, 2.24) is 15.4 Å². The van der Waals surface area contributed by atoms with Crippen molar-refractivity contribution in [1.29, 1.82) is 0 Å². The summed E-state index contributed by atoms with van der Waals surface area (Å²) in [6.45, 7) is 0. The van der Waals surface area contributed by atoms with Crippen LogP contribution in [0.2, 0.25) is 0 Å². The average Bonchev–Trinajstić information content (AvgIpc) is 3.16. The van der Waals surface area contributed by atoms with Crippen LogP contribution in [0.15, 0.2) is 82.4 Å². The number of nitrogens with zero attached hydrogens (tertiary/aromatic N) is 3. The van der Waals surface area contributed by atoms with Gasteiger partial charge in [0.1, 0.15) is 0 Å². The van der Waals surface area contributed by atoms with Crippen molar-refractivity contribution in [3.05, 3.63) is 89.7 Å². The van der Waals surface area contributed by atoms with Crippen molar-refractivity contribution in [3.63, 3.8) is 0 Å². The minimum Gasteiger partial charge on any atom is -0.267 e. The molecule has 138 valence electrons. The maximum Gasteiger partial charge on any atom is 0.271 e. The number of para-hydroxylation sites is 1. The number of nitrogens with one attached hydrogen (secondary N) is 1. The number of fused-ring (bicyclic) bond motifs is 1. The van der Waals surface area contributed by atoms with E-state index in [0.717, 1.165) is 21.2 Å². The number of thiazole rings is 1. The predicted octanol–water partition coefficient (Wildman–Crippen LogP) is 4.75. The third-order valence-electron chi connectivity index (χ3n) is 3.90. The first kappa shape index (κ1) is 18.3. The van der Waals surface area contributed by atoms with Gasteiger partial charge in [-0.2, -0.15) is 5.10 Å². The molecule has 4 aromatic rings. The molecule has 2 aromatic carbocycles. The van der Waals surface area contributed by atoms with E-state index in [-0.39, 0.29) is 5.91 Å².